The van der Waals surface area contributed by atoms with E-state index < -0.39 is 5.97 Å². The van der Waals surface area contributed by atoms with Crippen molar-refractivity contribution in [2.24, 2.45) is 11.8 Å². The Morgan fingerprint density at radius 2 is 1.84 bits per heavy atom. The summed E-state index contributed by atoms with van der Waals surface area (Å²) >= 11 is 6.03. The number of likely N-dealkylation sites (tertiary alicyclic amines) is 1. The Balaban J connectivity index is 1.32. The van der Waals surface area contributed by atoms with Gasteiger partial charge in [0, 0.05) is 25.6 Å². The maximum Gasteiger partial charge on any atom is 0.342 e. The number of methoxy groups -OCH3 is 1. The number of benzene rings is 1. The molecule has 178 valence electrons. The largest absolute Gasteiger partial charge is 0.496 e. The Labute approximate surface area is 195 Å². The summed E-state index contributed by atoms with van der Waals surface area (Å²) in [6.07, 6.45) is 9.04. The van der Waals surface area contributed by atoms with Crippen molar-refractivity contribution in [3.63, 3.8) is 0 Å². The third-order valence-electron chi connectivity index (χ3n) is 6.67. The van der Waals surface area contributed by atoms with Crippen LogP contribution in [0.1, 0.15) is 61.7 Å². The van der Waals surface area contributed by atoms with E-state index >= 15 is 0 Å². The fourth-order valence-electron chi connectivity index (χ4n) is 4.64. The summed E-state index contributed by atoms with van der Waals surface area (Å²) < 4.78 is 10.6. The van der Waals surface area contributed by atoms with Gasteiger partial charge in [0.05, 0.1) is 17.8 Å². The van der Waals surface area contributed by atoms with Crippen molar-refractivity contribution in [3.8, 4) is 5.75 Å². The lowest BCUT2D eigenvalue weighted by Gasteiger charge is -2.32. The molecule has 1 saturated carbocycles. The van der Waals surface area contributed by atoms with Crippen molar-refractivity contribution in [2.75, 3.05) is 45.6 Å². The molecule has 0 spiro atoms. The quantitative estimate of drug-likeness (QED) is 0.424. The Morgan fingerprint density at radius 3 is 2.53 bits per heavy atom. The van der Waals surface area contributed by atoms with Crippen molar-refractivity contribution in [2.45, 2.75) is 51.4 Å². The predicted octanol–water partition coefficient (Wildman–Crippen LogP) is 3.89. The number of piperidine rings is 1. The van der Waals surface area contributed by atoms with E-state index in [1.165, 1.54) is 51.3 Å². The molecule has 0 aromatic heterocycles. The van der Waals surface area contributed by atoms with Gasteiger partial charge in [-0.2, -0.15) is 0 Å². The summed E-state index contributed by atoms with van der Waals surface area (Å²) in [6, 6.07) is 3.00. The molecule has 1 aliphatic heterocycles. The van der Waals surface area contributed by atoms with Gasteiger partial charge in [-0.05, 0) is 56.7 Å². The molecule has 1 amide bonds. The highest BCUT2D eigenvalue weighted by Crippen LogP contribution is 2.29. The Bertz CT molecular complexity index is 775. The van der Waals surface area contributed by atoms with Crippen LogP contribution in [0, 0.1) is 11.8 Å². The Morgan fingerprint density at radius 1 is 1.12 bits per heavy atom. The molecule has 32 heavy (non-hydrogen) atoms. The molecule has 7 nitrogen and oxygen atoms in total. The van der Waals surface area contributed by atoms with E-state index in [-0.39, 0.29) is 11.5 Å². The van der Waals surface area contributed by atoms with Gasteiger partial charge in [0.15, 0.2) is 0 Å². The molecule has 0 atom stereocenters. The third kappa shape index (κ3) is 7.27. The number of halogens is 1. The summed E-state index contributed by atoms with van der Waals surface area (Å²) in [5.74, 6) is 1.19. The lowest BCUT2D eigenvalue weighted by atomic mass is 9.87. The minimum atomic E-state index is -0.473. The number of carbonyl (C=O) groups is 2. The van der Waals surface area contributed by atoms with E-state index in [9.17, 15) is 9.59 Å². The molecule has 1 aromatic carbocycles. The van der Waals surface area contributed by atoms with Crippen LogP contribution in [-0.4, -0.2) is 56.7 Å². The summed E-state index contributed by atoms with van der Waals surface area (Å²) in [7, 11) is 1.47. The topological polar surface area (TPSA) is 93.9 Å². The van der Waals surface area contributed by atoms with E-state index in [1.807, 2.05) is 0 Å². The molecular formula is C24H36ClN3O4. The third-order valence-corrected chi connectivity index (χ3v) is 7.00. The lowest BCUT2D eigenvalue weighted by molar-refractivity contribution is -0.122. The minimum absolute atomic E-state index is 0.212. The van der Waals surface area contributed by atoms with Crippen LogP contribution in [0.25, 0.3) is 0 Å². The summed E-state index contributed by atoms with van der Waals surface area (Å²) in [5, 5.41) is 3.45. The molecule has 1 aromatic rings. The maximum atomic E-state index is 12.4. The number of nitrogens with one attached hydrogen (secondary N) is 1. The highest BCUT2D eigenvalue weighted by atomic mass is 35.5. The van der Waals surface area contributed by atoms with Crippen molar-refractivity contribution < 1.29 is 19.1 Å². The number of carbonyl (C=O) groups excluding carboxylic acids is 2. The van der Waals surface area contributed by atoms with Crippen LogP contribution in [0.4, 0.5) is 5.69 Å². The van der Waals surface area contributed by atoms with E-state index in [4.69, 9.17) is 26.8 Å². The van der Waals surface area contributed by atoms with Crippen LogP contribution in [0.3, 0.4) is 0 Å². The number of esters is 1. The number of nitrogens with two attached hydrogens (primary N) is 1. The first-order valence-electron chi connectivity index (χ1n) is 11.8. The zero-order valence-corrected chi connectivity index (χ0v) is 19.8. The average Bonchev–Trinajstić information content (AvgIpc) is 2.80. The minimum Gasteiger partial charge on any atom is -0.496 e. The number of nitrogen functional groups attached to an aromatic ring is 1. The summed E-state index contributed by atoms with van der Waals surface area (Å²) in [6.45, 7) is 3.63. The molecule has 8 heteroatoms. The fraction of sp³-hybridized carbons (Fsp3) is 0.667. The first-order chi connectivity index (χ1) is 15.5. The molecule has 2 fully saturated rings. The van der Waals surface area contributed by atoms with Gasteiger partial charge in [-0.1, -0.05) is 30.9 Å². The normalized spacial score (nSPS) is 18.3. The van der Waals surface area contributed by atoms with Crippen LogP contribution in [0.2, 0.25) is 5.02 Å². The number of amides is 1. The second-order valence-electron chi connectivity index (χ2n) is 9.01. The molecule has 2 aliphatic rings. The van der Waals surface area contributed by atoms with E-state index in [0.29, 0.717) is 47.9 Å². The lowest BCUT2D eigenvalue weighted by Crippen LogP contribution is -2.40. The molecule has 0 radical (unpaired) electrons. The van der Waals surface area contributed by atoms with E-state index in [0.717, 1.165) is 32.5 Å². The van der Waals surface area contributed by atoms with Gasteiger partial charge in [-0.3, -0.25) is 9.69 Å². The van der Waals surface area contributed by atoms with Crippen molar-refractivity contribution >= 4 is 29.2 Å². The molecule has 1 aliphatic carbocycles. The van der Waals surface area contributed by atoms with Crippen molar-refractivity contribution in [1.29, 1.82) is 0 Å². The van der Waals surface area contributed by atoms with Gasteiger partial charge < -0.3 is 20.5 Å². The van der Waals surface area contributed by atoms with Gasteiger partial charge in [0.1, 0.15) is 17.9 Å². The van der Waals surface area contributed by atoms with Gasteiger partial charge in [0.2, 0.25) is 5.91 Å². The highest BCUT2D eigenvalue weighted by molar-refractivity contribution is 6.33. The number of nitrogens with zero attached hydrogens (tertiary/aromatic N) is 1. The second-order valence-corrected chi connectivity index (χ2v) is 9.41. The molecule has 3 rings (SSSR count). The smallest absolute Gasteiger partial charge is 0.342 e. The molecular weight excluding hydrogens is 430 g/mol. The Kier molecular flexibility index (Phi) is 9.48. The summed E-state index contributed by atoms with van der Waals surface area (Å²) in [4.78, 5) is 26.9. The SMILES string of the molecule is COc1cc(N)c(Cl)cc1C(=O)OCCN1CCC(CNC(=O)CC2CCCCC2)CC1. The average molecular weight is 466 g/mol. The molecule has 0 unspecified atom stereocenters. The van der Waals surface area contributed by atoms with Gasteiger partial charge in [-0.15, -0.1) is 0 Å². The van der Waals surface area contributed by atoms with Crippen LogP contribution in [0.15, 0.2) is 12.1 Å². The van der Waals surface area contributed by atoms with Gasteiger partial charge in [-0.25, -0.2) is 4.79 Å². The van der Waals surface area contributed by atoms with Crippen LogP contribution in [-0.2, 0) is 9.53 Å². The fourth-order valence-corrected chi connectivity index (χ4v) is 4.80. The standard InChI is InChI=1S/C24H36ClN3O4/c1-31-22-15-21(26)20(25)14-19(22)24(30)32-12-11-28-9-7-18(8-10-28)16-27-23(29)13-17-5-3-2-4-6-17/h14-15,17-18H,2-13,16,26H2,1H3,(H,27,29). The van der Waals surface area contributed by atoms with Crippen LogP contribution >= 0.6 is 11.6 Å². The summed E-state index contributed by atoms with van der Waals surface area (Å²) in [5.41, 5.74) is 6.39. The molecule has 1 heterocycles. The van der Waals surface area contributed by atoms with E-state index in [2.05, 4.69) is 10.2 Å². The molecule has 3 N–H and O–H groups in total. The zero-order chi connectivity index (χ0) is 22.9. The number of rotatable bonds is 9. The number of hydrogen-bond donors (Lipinski definition) is 2. The van der Waals surface area contributed by atoms with Crippen LogP contribution in [0.5, 0.6) is 5.75 Å². The number of anilines is 1. The highest BCUT2D eigenvalue weighted by Gasteiger charge is 2.22. The molecule has 1 saturated heterocycles. The first-order valence-corrected chi connectivity index (χ1v) is 12.1. The van der Waals surface area contributed by atoms with E-state index in [1.54, 1.807) is 0 Å². The van der Waals surface area contributed by atoms with Gasteiger partial charge >= 0.3 is 5.97 Å². The first kappa shape index (κ1) is 24.6. The van der Waals surface area contributed by atoms with Crippen molar-refractivity contribution in [1.82, 2.24) is 10.2 Å². The second kappa shape index (κ2) is 12.3. The molecule has 0 bridgehead atoms. The number of ether oxygens (including phenoxy) is 2. The van der Waals surface area contributed by atoms with Crippen molar-refractivity contribution in [3.05, 3.63) is 22.7 Å². The number of hydrogen-bond acceptors (Lipinski definition) is 6. The monoisotopic (exact) mass is 465 g/mol. The Hall–Kier alpha value is -1.99. The predicted molar refractivity (Wildman–Crippen MR) is 126 cm³/mol. The van der Waals surface area contributed by atoms with Crippen LogP contribution < -0.4 is 15.8 Å². The maximum absolute atomic E-state index is 12.4. The zero-order valence-electron chi connectivity index (χ0n) is 19.0. The van der Waals surface area contributed by atoms with Gasteiger partial charge in [0.25, 0.3) is 0 Å².